The van der Waals surface area contributed by atoms with Crippen LogP contribution in [-0.2, 0) is 6.42 Å². The second kappa shape index (κ2) is 6.73. The van der Waals surface area contributed by atoms with Crippen molar-refractivity contribution in [3.63, 3.8) is 0 Å². The van der Waals surface area contributed by atoms with Crippen molar-refractivity contribution in [1.29, 1.82) is 0 Å². The summed E-state index contributed by atoms with van der Waals surface area (Å²) in [7, 11) is 1.67. The van der Waals surface area contributed by atoms with Crippen LogP contribution in [0.1, 0.15) is 4.88 Å². The van der Waals surface area contributed by atoms with Gasteiger partial charge in [0, 0.05) is 16.0 Å². The maximum Gasteiger partial charge on any atom is 0.124 e. The number of hydrogen-bond acceptors (Lipinski definition) is 4. The molecule has 0 aliphatic heterocycles. The third-order valence-corrected chi connectivity index (χ3v) is 4.62. The molecule has 22 heavy (non-hydrogen) atoms. The first kappa shape index (κ1) is 14.8. The second-order valence-corrected chi connectivity index (χ2v) is 6.01. The Balaban J connectivity index is 2.03. The van der Waals surface area contributed by atoms with Crippen LogP contribution in [0.2, 0.25) is 0 Å². The topological polar surface area (TPSA) is 48.1 Å². The van der Waals surface area contributed by atoms with Crippen LogP contribution in [0.25, 0.3) is 21.8 Å². The smallest absolute Gasteiger partial charge is 0.124 e. The van der Waals surface area contributed by atoms with Gasteiger partial charge in [0.05, 0.1) is 12.8 Å². The van der Waals surface area contributed by atoms with E-state index in [1.54, 1.807) is 18.4 Å². The maximum absolute atomic E-state index is 5.76. The largest absolute Gasteiger partial charge is 0.497 e. The number of aromatic nitrogens is 1. The minimum absolute atomic E-state index is 0.625. The molecule has 0 radical (unpaired) electrons. The Labute approximate surface area is 134 Å². The molecule has 1 heterocycles. The molecule has 0 aliphatic carbocycles. The van der Waals surface area contributed by atoms with Crippen molar-refractivity contribution < 1.29 is 4.74 Å². The summed E-state index contributed by atoms with van der Waals surface area (Å²) < 4.78 is 5.22. The normalized spacial score (nSPS) is 10.6. The Bertz CT molecular complexity index is 736. The summed E-state index contributed by atoms with van der Waals surface area (Å²) in [4.78, 5) is 6.08. The van der Waals surface area contributed by atoms with Crippen LogP contribution >= 0.6 is 11.3 Å². The van der Waals surface area contributed by atoms with Crippen LogP contribution in [0.4, 0.5) is 0 Å². The highest BCUT2D eigenvalue weighted by molar-refractivity contribution is 7.15. The molecular weight excluding hydrogens is 292 g/mol. The molecule has 112 valence electrons. The van der Waals surface area contributed by atoms with Crippen LogP contribution < -0.4 is 10.5 Å². The molecule has 0 atom stereocenters. The lowest BCUT2D eigenvalue weighted by Gasteiger charge is -2.03. The maximum atomic E-state index is 5.76. The molecule has 0 aliphatic rings. The van der Waals surface area contributed by atoms with Crippen LogP contribution in [0, 0.1) is 0 Å². The van der Waals surface area contributed by atoms with Crippen molar-refractivity contribution in [2.24, 2.45) is 5.73 Å². The number of ether oxygens (including phenoxy) is 1. The van der Waals surface area contributed by atoms with E-state index in [0.717, 1.165) is 34.0 Å². The van der Waals surface area contributed by atoms with Gasteiger partial charge in [0.15, 0.2) is 0 Å². The molecule has 0 saturated heterocycles. The highest BCUT2D eigenvalue weighted by atomic mass is 32.1. The lowest BCUT2D eigenvalue weighted by molar-refractivity contribution is 0.415. The number of thiazole rings is 1. The molecule has 0 bridgehead atoms. The van der Waals surface area contributed by atoms with Gasteiger partial charge in [-0.15, -0.1) is 11.3 Å². The molecular formula is C18H18N2OS. The SMILES string of the molecule is COc1ccc(-c2nc(-c3ccccc3)sc2CCN)cc1. The van der Waals surface area contributed by atoms with Gasteiger partial charge in [-0.2, -0.15) is 0 Å². The number of rotatable bonds is 5. The molecule has 0 fully saturated rings. The number of nitrogens with two attached hydrogens (primary N) is 1. The third kappa shape index (κ3) is 3.03. The Morgan fingerprint density at radius 3 is 2.36 bits per heavy atom. The fourth-order valence-corrected chi connectivity index (χ4v) is 3.44. The summed E-state index contributed by atoms with van der Waals surface area (Å²) in [6.07, 6.45) is 0.839. The molecule has 3 rings (SSSR count). The van der Waals surface area contributed by atoms with Crippen LogP contribution in [0.3, 0.4) is 0 Å². The molecule has 3 aromatic rings. The standard InChI is InChI=1S/C18H18N2OS/c1-21-15-9-7-13(8-10-15)17-16(11-12-19)22-18(20-17)14-5-3-2-4-6-14/h2-10H,11-12,19H2,1H3. The van der Waals surface area contributed by atoms with Gasteiger partial charge in [-0.05, 0) is 37.2 Å². The molecule has 0 saturated carbocycles. The van der Waals surface area contributed by atoms with E-state index in [0.29, 0.717) is 6.54 Å². The van der Waals surface area contributed by atoms with Crippen molar-refractivity contribution in [3.05, 3.63) is 59.5 Å². The zero-order valence-electron chi connectivity index (χ0n) is 12.5. The van der Waals surface area contributed by atoms with E-state index < -0.39 is 0 Å². The molecule has 4 heteroatoms. The summed E-state index contributed by atoms with van der Waals surface area (Å²) >= 11 is 1.72. The van der Waals surface area contributed by atoms with Crippen molar-refractivity contribution >= 4 is 11.3 Å². The number of hydrogen-bond donors (Lipinski definition) is 1. The van der Waals surface area contributed by atoms with Gasteiger partial charge >= 0.3 is 0 Å². The van der Waals surface area contributed by atoms with Gasteiger partial charge in [-0.3, -0.25) is 0 Å². The third-order valence-electron chi connectivity index (χ3n) is 3.45. The van der Waals surface area contributed by atoms with E-state index in [2.05, 4.69) is 12.1 Å². The number of nitrogens with zero attached hydrogens (tertiary/aromatic N) is 1. The van der Waals surface area contributed by atoms with Crippen LogP contribution in [0.5, 0.6) is 5.75 Å². The highest BCUT2D eigenvalue weighted by Crippen LogP contribution is 2.34. The van der Waals surface area contributed by atoms with E-state index in [1.165, 1.54) is 4.88 Å². The Morgan fingerprint density at radius 1 is 1.00 bits per heavy atom. The number of methoxy groups -OCH3 is 1. The van der Waals surface area contributed by atoms with E-state index in [-0.39, 0.29) is 0 Å². The lowest BCUT2D eigenvalue weighted by Crippen LogP contribution is -2.02. The van der Waals surface area contributed by atoms with E-state index in [4.69, 9.17) is 15.5 Å². The second-order valence-electron chi connectivity index (χ2n) is 4.92. The van der Waals surface area contributed by atoms with Crippen molar-refractivity contribution in [2.45, 2.75) is 6.42 Å². The van der Waals surface area contributed by atoms with Gasteiger partial charge in [-0.1, -0.05) is 30.3 Å². The first-order valence-corrected chi connectivity index (χ1v) is 8.03. The quantitative estimate of drug-likeness (QED) is 0.775. The fourth-order valence-electron chi connectivity index (χ4n) is 2.33. The summed E-state index contributed by atoms with van der Waals surface area (Å²) in [6, 6.07) is 18.3. The van der Waals surface area contributed by atoms with Crippen molar-refractivity contribution in [1.82, 2.24) is 4.98 Å². The summed E-state index contributed by atoms with van der Waals surface area (Å²) in [6.45, 7) is 0.625. The summed E-state index contributed by atoms with van der Waals surface area (Å²) in [5.74, 6) is 0.850. The predicted octanol–water partition coefficient (Wildman–Crippen LogP) is 3.99. The fraction of sp³-hybridized carbons (Fsp3) is 0.167. The molecule has 1 aromatic heterocycles. The van der Waals surface area contributed by atoms with Gasteiger partial charge in [0.25, 0.3) is 0 Å². The lowest BCUT2D eigenvalue weighted by atomic mass is 10.1. The molecule has 0 amide bonds. The van der Waals surface area contributed by atoms with Gasteiger partial charge in [0.2, 0.25) is 0 Å². The Kier molecular flexibility index (Phi) is 4.51. The average molecular weight is 310 g/mol. The predicted molar refractivity (Wildman–Crippen MR) is 92.3 cm³/mol. The van der Waals surface area contributed by atoms with E-state index >= 15 is 0 Å². The van der Waals surface area contributed by atoms with E-state index in [1.807, 2.05) is 42.5 Å². The van der Waals surface area contributed by atoms with Crippen LogP contribution in [0.15, 0.2) is 54.6 Å². The monoisotopic (exact) mass is 310 g/mol. The van der Waals surface area contributed by atoms with Gasteiger partial charge in [0.1, 0.15) is 10.8 Å². The molecule has 2 N–H and O–H groups in total. The molecule has 0 unspecified atom stereocenters. The molecule has 0 spiro atoms. The Morgan fingerprint density at radius 2 is 1.73 bits per heavy atom. The molecule has 2 aromatic carbocycles. The molecule has 3 nitrogen and oxygen atoms in total. The first-order valence-electron chi connectivity index (χ1n) is 7.21. The minimum atomic E-state index is 0.625. The average Bonchev–Trinajstić information content (AvgIpc) is 3.00. The zero-order chi connectivity index (χ0) is 15.4. The first-order chi connectivity index (χ1) is 10.8. The summed E-state index contributed by atoms with van der Waals surface area (Å²) in [5, 5.41) is 1.04. The minimum Gasteiger partial charge on any atom is -0.497 e. The van der Waals surface area contributed by atoms with Crippen LogP contribution in [-0.4, -0.2) is 18.6 Å². The van der Waals surface area contributed by atoms with Gasteiger partial charge in [-0.25, -0.2) is 4.98 Å². The van der Waals surface area contributed by atoms with Crippen molar-refractivity contribution in [3.8, 4) is 27.6 Å². The summed E-state index contributed by atoms with van der Waals surface area (Å²) in [5.41, 5.74) is 9.03. The zero-order valence-corrected chi connectivity index (χ0v) is 13.3. The highest BCUT2D eigenvalue weighted by Gasteiger charge is 2.13. The van der Waals surface area contributed by atoms with E-state index in [9.17, 15) is 0 Å². The number of benzene rings is 2. The van der Waals surface area contributed by atoms with Gasteiger partial charge < -0.3 is 10.5 Å². The Hall–Kier alpha value is -2.17. The van der Waals surface area contributed by atoms with Crippen molar-refractivity contribution in [2.75, 3.05) is 13.7 Å².